The molecule has 0 heterocycles. The van der Waals surface area contributed by atoms with Gasteiger partial charge in [0.25, 0.3) is 0 Å². The Balaban J connectivity index is 1.45. The topological polar surface area (TPSA) is 43.5 Å². The lowest BCUT2D eigenvalue weighted by Gasteiger charge is -2.33. The molecule has 2 atom stereocenters. The first-order chi connectivity index (χ1) is 22.0. The molecule has 0 aromatic heterocycles. The van der Waals surface area contributed by atoms with Crippen molar-refractivity contribution in [2.45, 2.75) is 93.2 Å². The Hall–Kier alpha value is -4.44. The van der Waals surface area contributed by atoms with Crippen LogP contribution in [0, 0.1) is 27.7 Å². The minimum Gasteiger partial charge on any atom is -0.506 e. The molecule has 0 amide bonds. The maximum atomic E-state index is 13.5. The van der Waals surface area contributed by atoms with Gasteiger partial charge in [-0.3, -0.25) is 4.79 Å². The van der Waals surface area contributed by atoms with Crippen molar-refractivity contribution >= 4 is 34.1 Å². The van der Waals surface area contributed by atoms with E-state index in [0.717, 1.165) is 48.2 Å². The van der Waals surface area contributed by atoms with Crippen LogP contribution in [0.2, 0.25) is 0 Å². The fraction of sp³-hybridized carbons (Fsp3) is 0.333. The molecule has 0 radical (unpaired) electrons. The monoisotopic (exact) mass is 613 g/mol. The zero-order valence-corrected chi connectivity index (χ0v) is 28.8. The lowest BCUT2D eigenvalue weighted by Crippen LogP contribution is -2.29. The van der Waals surface area contributed by atoms with E-state index >= 15 is 0 Å². The summed E-state index contributed by atoms with van der Waals surface area (Å²) in [6, 6.07) is 21.9. The molecule has 46 heavy (non-hydrogen) atoms. The van der Waals surface area contributed by atoms with E-state index in [1.165, 1.54) is 33.6 Å². The van der Waals surface area contributed by atoms with Crippen molar-refractivity contribution in [3.8, 4) is 0 Å². The van der Waals surface area contributed by atoms with E-state index in [1.807, 2.05) is 24.3 Å². The number of anilines is 2. The molecule has 0 aliphatic heterocycles. The summed E-state index contributed by atoms with van der Waals surface area (Å²) in [4.78, 5) is 15.9. The zero-order chi connectivity index (χ0) is 33.1. The molecule has 0 spiro atoms. The number of carbonyl (C=O) groups excluding carboxylic acids is 1. The van der Waals surface area contributed by atoms with Crippen molar-refractivity contribution in [2.75, 3.05) is 4.90 Å². The van der Waals surface area contributed by atoms with Gasteiger partial charge in [0, 0.05) is 47.6 Å². The zero-order valence-electron chi connectivity index (χ0n) is 28.8. The normalized spacial score (nSPS) is 15.7. The molecule has 2 unspecified atom stereocenters. The molecule has 0 fully saturated rings. The molecule has 0 bridgehead atoms. The molecule has 3 aromatic carbocycles. The van der Waals surface area contributed by atoms with Crippen LogP contribution in [-0.2, 0) is 4.79 Å². The Kier molecular flexibility index (Phi) is 9.96. The lowest BCUT2D eigenvalue weighted by molar-refractivity contribution is -0.480. The van der Waals surface area contributed by atoms with E-state index < -0.39 is 0 Å². The molecule has 1 N–H and O–H groups in total. The number of ketones is 1. The lowest BCUT2D eigenvalue weighted by atomic mass is 9.80. The van der Waals surface area contributed by atoms with E-state index in [9.17, 15) is 9.90 Å². The highest BCUT2D eigenvalue weighted by molar-refractivity contribution is 6.39. The van der Waals surface area contributed by atoms with Gasteiger partial charge in [0.1, 0.15) is 5.76 Å². The number of aryl methyl sites for hydroxylation is 4. The molecular weight excluding hydrogens is 564 g/mol. The summed E-state index contributed by atoms with van der Waals surface area (Å²) in [5.74, 6) is -0.0455. The smallest absolute Gasteiger partial charge is 0.208 e. The van der Waals surface area contributed by atoms with E-state index in [0.29, 0.717) is 23.2 Å². The van der Waals surface area contributed by atoms with Gasteiger partial charge in [-0.1, -0.05) is 61.7 Å². The number of benzene rings is 3. The third-order valence-electron chi connectivity index (χ3n) is 9.31. The summed E-state index contributed by atoms with van der Waals surface area (Å²) in [5.41, 5.74) is 11.8. The van der Waals surface area contributed by atoms with Crippen LogP contribution >= 0.6 is 0 Å². The molecular formula is C42H49N2O2+. The Morgan fingerprint density at radius 1 is 0.739 bits per heavy atom. The second kappa shape index (κ2) is 13.9. The van der Waals surface area contributed by atoms with Crippen LogP contribution in [0.25, 0.3) is 5.57 Å². The first-order valence-corrected chi connectivity index (χ1v) is 16.8. The summed E-state index contributed by atoms with van der Waals surface area (Å²) in [6.07, 6.45) is 12.4. The van der Waals surface area contributed by atoms with Crippen LogP contribution in [0.3, 0.4) is 0 Å². The number of rotatable bonds is 10. The third-order valence-corrected chi connectivity index (χ3v) is 9.31. The van der Waals surface area contributed by atoms with Gasteiger partial charge in [0.2, 0.25) is 17.2 Å². The van der Waals surface area contributed by atoms with Crippen LogP contribution < -0.4 is 4.90 Å². The number of allylic oxidation sites excluding steroid dienone is 7. The number of hydrogen-bond acceptors (Lipinski definition) is 3. The molecule has 0 saturated heterocycles. The first-order valence-electron chi connectivity index (χ1n) is 16.8. The molecule has 2 aliphatic rings. The van der Waals surface area contributed by atoms with Gasteiger partial charge < -0.3 is 10.0 Å². The van der Waals surface area contributed by atoms with Gasteiger partial charge in [0.05, 0.1) is 11.1 Å². The predicted molar refractivity (Wildman–Crippen MR) is 194 cm³/mol. The second-order valence-electron chi connectivity index (χ2n) is 13.1. The quantitative estimate of drug-likeness (QED) is 0.183. The fourth-order valence-corrected chi connectivity index (χ4v) is 7.02. The van der Waals surface area contributed by atoms with Crippen LogP contribution in [0.1, 0.15) is 81.2 Å². The molecule has 4 heteroatoms. The molecule has 5 rings (SSSR count). The van der Waals surface area contributed by atoms with Crippen molar-refractivity contribution < 1.29 is 14.5 Å². The van der Waals surface area contributed by atoms with Crippen molar-refractivity contribution in [3.05, 3.63) is 130 Å². The Bertz CT molecular complexity index is 1780. The molecule has 4 nitrogen and oxygen atoms in total. The van der Waals surface area contributed by atoms with Crippen LogP contribution in [0.15, 0.2) is 102 Å². The van der Waals surface area contributed by atoms with Crippen molar-refractivity contribution in [1.82, 2.24) is 0 Å². The largest absolute Gasteiger partial charge is 0.506 e. The number of aliphatic hydroxyl groups excluding tert-OH is 1. The fourth-order valence-electron chi connectivity index (χ4n) is 7.02. The first kappa shape index (κ1) is 32.9. The van der Waals surface area contributed by atoms with Gasteiger partial charge >= 0.3 is 0 Å². The van der Waals surface area contributed by atoms with Gasteiger partial charge in [-0.15, -0.1) is 0 Å². The molecule has 3 aromatic rings. The van der Waals surface area contributed by atoms with Crippen LogP contribution in [0.4, 0.5) is 17.1 Å². The summed E-state index contributed by atoms with van der Waals surface area (Å²) >= 11 is 0. The van der Waals surface area contributed by atoms with Crippen molar-refractivity contribution in [1.29, 1.82) is 0 Å². The average molecular weight is 614 g/mol. The van der Waals surface area contributed by atoms with E-state index in [2.05, 4.69) is 126 Å². The van der Waals surface area contributed by atoms with Gasteiger partial charge in [-0.05, 0) is 108 Å². The number of Topliss-reactive ketones (excluding diaryl/α,β-unsaturated/α-hetero) is 1. The Morgan fingerprint density at radius 2 is 1.35 bits per heavy atom. The SMILES string of the molecule is CCCC(C)N(c1ccc(C2=C(O)C(=C3C=CC(=[N+](c4ccc(C)cc4C)C(C)CCC)C=C3)C2=O)cc1)c1ccc(C)cc1C. The van der Waals surface area contributed by atoms with Crippen LogP contribution in [0.5, 0.6) is 0 Å². The van der Waals surface area contributed by atoms with Crippen molar-refractivity contribution in [3.63, 3.8) is 0 Å². The maximum absolute atomic E-state index is 13.5. The molecule has 0 saturated carbocycles. The summed E-state index contributed by atoms with van der Waals surface area (Å²) in [5, 5.41) is 11.2. The Morgan fingerprint density at radius 3 is 1.91 bits per heavy atom. The van der Waals surface area contributed by atoms with Crippen molar-refractivity contribution in [2.24, 2.45) is 0 Å². The summed E-state index contributed by atoms with van der Waals surface area (Å²) in [7, 11) is 0. The van der Waals surface area contributed by atoms with E-state index in [-0.39, 0.29) is 11.5 Å². The van der Waals surface area contributed by atoms with E-state index in [1.54, 1.807) is 0 Å². The average Bonchev–Trinajstić information content (AvgIpc) is 3.01. The summed E-state index contributed by atoms with van der Waals surface area (Å²) in [6.45, 7) is 17.5. The second-order valence-corrected chi connectivity index (χ2v) is 13.1. The molecule has 2 aliphatic carbocycles. The highest BCUT2D eigenvalue weighted by atomic mass is 16.3. The predicted octanol–water partition coefficient (Wildman–Crippen LogP) is 10.5. The van der Waals surface area contributed by atoms with Gasteiger partial charge in [-0.2, -0.15) is 4.58 Å². The number of hydrogen-bond donors (Lipinski definition) is 1. The standard InChI is InChI=1S/C42H48N2O2/c1-9-11-31(7)43(37-23-13-27(3)25-29(37)5)35-19-15-33(16-20-35)39-41(45)40(42(39)46)34-17-21-36(22-18-34)44(32(8)12-10-2)38-24-14-28(4)26-30(38)6/h13-26,31-32H,9-12H2,1-8H3/p+1. The number of aliphatic hydroxyl groups is 1. The van der Waals surface area contributed by atoms with Gasteiger partial charge in [-0.25, -0.2) is 0 Å². The minimum atomic E-state index is -0.117. The molecule has 238 valence electrons. The van der Waals surface area contributed by atoms with Crippen LogP contribution in [-0.4, -0.2) is 33.3 Å². The third kappa shape index (κ3) is 6.44. The maximum Gasteiger partial charge on any atom is 0.208 e. The highest BCUT2D eigenvalue weighted by Crippen LogP contribution is 2.40. The van der Waals surface area contributed by atoms with E-state index in [4.69, 9.17) is 0 Å². The highest BCUT2D eigenvalue weighted by Gasteiger charge is 2.37. The minimum absolute atomic E-state index is 0.0710. The van der Waals surface area contributed by atoms with Gasteiger partial charge in [0.15, 0.2) is 6.04 Å². The number of carbonyl (C=O) groups is 1. The number of nitrogens with zero attached hydrogens (tertiary/aromatic N) is 2. The Labute approximate surface area is 275 Å². The summed E-state index contributed by atoms with van der Waals surface area (Å²) < 4.78 is 2.39.